The van der Waals surface area contributed by atoms with Crippen LogP contribution in [0.3, 0.4) is 0 Å². The highest BCUT2D eigenvalue weighted by molar-refractivity contribution is 5.94. The quantitative estimate of drug-likeness (QED) is 0.594. The number of hydrogen-bond donors (Lipinski definition) is 2. The molecule has 0 fully saturated rings. The van der Waals surface area contributed by atoms with Crippen molar-refractivity contribution in [1.29, 1.82) is 0 Å². The van der Waals surface area contributed by atoms with E-state index in [9.17, 15) is 19.3 Å². The number of rotatable bonds is 3. The van der Waals surface area contributed by atoms with Gasteiger partial charge in [0, 0.05) is 6.07 Å². The van der Waals surface area contributed by atoms with Crippen LogP contribution < -0.4 is 11.1 Å². The van der Waals surface area contributed by atoms with E-state index in [1.807, 2.05) is 0 Å². The number of nitro benzene ring substituents is 1. The van der Waals surface area contributed by atoms with Gasteiger partial charge >= 0.3 is 0 Å². The van der Waals surface area contributed by atoms with Crippen LogP contribution in [0.4, 0.5) is 15.8 Å². The van der Waals surface area contributed by atoms with E-state index in [2.05, 4.69) is 5.32 Å². The molecule has 1 aromatic carbocycles. The van der Waals surface area contributed by atoms with Crippen molar-refractivity contribution in [3.63, 3.8) is 0 Å². The van der Waals surface area contributed by atoms with Crippen LogP contribution in [0, 0.1) is 15.9 Å². The molecule has 7 heteroatoms. The number of nitro groups is 1. The maximum Gasteiger partial charge on any atom is 0.274 e. The molecule has 0 saturated carbocycles. The number of benzene rings is 1. The van der Waals surface area contributed by atoms with Crippen molar-refractivity contribution < 1.29 is 14.1 Å². The summed E-state index contributed by atoms with van der Waals surface area (Å²) < 4.78 is 13.0. The number of halogens is 1. The zero-order valence-corrected chi connectivity index (χ0v) is 8.44. The van der Waals surface area contributed by atoms with Crippen molar-refractivity contribution in [1.82, 2.24) is 0 Å². The van der Waals surface area contributed by atoms with E-state index in [0.29, 0.717) is 0 Å². The first-order valence-corrected chi connectivity index (χ1v) is 4.41. The number of carbonyl (C=O) groups is 1. The Bertz CT molecular complexity index is 434. The van der Waals surface area contributed by atoms with Crippen molar-refractivity contribution in [2.75, 3.05) is 5.32 Å². The molecule has 0 aliphatic rings. The Morgan fingerprint density at radius 2 is 2.19 bits per heavy atom. The lowest BCUT2D eigenvalue weighted by Crippen LogP contribution is -2.32. The summed E-state index contributed by atoms with van der Waals surface area (Å²) in [5, 5.41) is 12.7. The van der Waals surface area contributed by atoms with Gasteiger partial charge in [-0.05, 0) is 13.0 Å². The molecule has 0 aliphatic carbocycles. The van der Waals surface area contributed by atoms with E-state index in [1.54, 1.807) is 0 Å². The summed E-state index contributed by atoms with van der Waals surface area (Å²) in [7, 11) is 0. The minimum atomic E-state index is -0.797. The number of nitrogens with zero attached hydrogens (tertiary/aromatic N) is 1. The van der Waals surface area contributed by atoms with Crippen LogP contribution in [-0.4, -0.2) is 16.9 Å². The highest BCUT2D eigenvalue weighted by atomic mass is 19.1. The average Bonchev–Trinajstić information content (AvgIpc) is 2.16. The number of non-ortho nitro benzene ring substituents is 1. The van der Waals surface area contributed by atoms with Crippen LogP contribution in [0.1, 0.15) is 6.92 Å². The Morgan fingerprint density at radius 1 is 1.56 bits per heavy atom. The number of carbonyl (C=O) groups excluding carboxylic acids is 1. The maximum atomic E-state index is 13.0. The molecule has 6 nitrogen and oxygen atoms in total. The number of anilines is 1. The lowest BCUT2D eigenvalue weighted by molar-refractivity contribution is -0.385. The second kappa shape index (κ2) is 4.67. The normalized spacial score (nSPS) is 11.9. The van der Waals surface area contributed by atoms with Gasteiger partial charge in [-0.2, -0.15) is 0 Å². The van der Waals surface area contributed by atoms with Gasteiger partial charge in [-0.3, -0.25) is 14.9 Å². The Labute approximate surface area is 90.4 Å². The Kier molecular flexibility index (Phi) is 3.51. The molecule has 0 radical (unpaired) electrons. The van der Waals surface area contributed by atoms with Gasteiger partial charge in [0.15, 0.2) is 0 Å². The van der Waals surface area contributed by atoms with E-state index in [-0.39, 0.29) is 5.69 Å². The first-order valence-electron chi connectivity index (χ1n) is 4.41. The van der Waals surface area contributed by atoms with Gasteiger partial charge in [0.1, 0.15) is 5.82 Å². The SMILES string of the molecule is C[C@H](N)C(=O)Nc1cc(F)cc([N+](=O)[O-])c1. The maximum absolute atomic E-state index is 13.0. The molecular weight excluding hydrogens is 217 g/mol. The van der Waals surface area contributed by atoms with Gasteiger partial charge in [-0.1, -0.05) is 0 Å². The molecule has 0 heterocycles. The summed E-state index contributed by atoms with van der Waals surface area (Å²) in [6, 6.07) is 2.03. The molecule has 3 N–H and O–H groups in total. The third-order valence-electron chi connectivity index (χ3n) is 1.77. The van der Waals surface area contributed by atoms with Crippen LogP contribution in [0.25, 0.3) is 0 Å². The standard InChI is InChI=1S/C9H10FN3O3/c1-5(11)9(14)12-7-2-6(10)3-8(4-7)13(15)16/h2-5H,11H2,1H3,(H,12,14)/t5-/m0/s1. The Hall–Kier alpha value is -2.02. The predicted molar refractivity (Wildman–Crippen MR) is 55.3 cm³/mol. The molecule has 1 aromatic rings. The van der Waals surface area contributed by atoms with E-state index in [0.717, 1.165) is 18.2 Å². The molecule has 0 spiro atoms. The number of hydrogen-bond acceptors (Lipinski definition) is 4. The van der Waals surface area contributed by atoms with Crippen LogP contribution in [-0.2, 0) is 4.79 Å². The fourth-order valence-corrected chi connectivity index (χ4v) is 1.01. The Morgan fingerprint density at radius 3 is 2.69 bits per heavy atom. The Balaban J connectivity index is 2.97. The molecule has 16 heavy (non-hydrogen) atoms. The first kappa shape index (κ1) is 12.1. The van der Waals surface area contributed by atoms with Crippen molar-refractivity contribution in [3.05, 3.63) is 34.1 Å². The highest BCUT2D eigenvalue weighted by Crippen LogP contribution is 2.19. The van der Waals surface area contributed by atoms with Crippen molar-refractivity contribution in [2.24, 2.45) is 5.73 Å². The molecule has 1 rings (SSSR count). The zero-order chi connectivity index (χ0) is 12.3. The first-order chi connectivity index (χ1) is 7.40. The largest absolute Gasteiger partial charge is 0.324 e. The van der Waals surface area contributed by atoms with Crippen LogP contribution >= 0.6 is 0 Å². The topological polar surface area (TPSA) is 98.3 Å². The fraction of sp³-hybridized carbons (Fsp3) is 0.222. The fourth-order valence-electron chi connectivity index (χ4n) is 1.01. The van der Waals surface area contributed by atoms with Crippen molar-refractivity contribution in [3.8, 4) is 0 Å². The van der Waals surface area contributed by atoms with Crippen molar-refractivity contribution in [2.45, 2.75) is 13.0 Å². The van der Waals surface area contributed by atoms with Crippen molar-refractivity contribution >= 4 is 17.3 Å². The lowest BCUT2D eigenvalue weighted by Gasteiger charge is -2.07. The predicted octanol–water partition coefficient (Wildman–Crippen LogP) is 1.02. The highest BCUT2D eigenvalue weighted by Gasteiger charge is 2.13. The summed E-state index contributed by atoms with van der Waals surface area (Å²) in [5.41, 5.74) is 4.86. The molecule has 0 aliphatic heterocycles. The zero-order valence-electron chi connectivity index (χ0n) is 8.44. The number of nitrogens with two attached hydrogens (primary N) is 1. The molecule has 0 aromatic heterocycles. The molecule has 86 valence electrons. The lowest BCUT2D eigenvalue weighted by atomic mass is 10.2. The minimum Gasteiger partial charge on any atom is -0.324 e. The summed E-state index contributed by atoms with van der Waals surface area (Å²) in [6.07, 6.45) is 0. The second-order valence-corrected chi connectivity index (χ2v) is 3.23. The summed E-state index contributed by atoms with van der Waals surface area (Å²) >= 11 is 0. The van der Waals surface area contributed by atoms with E-state index in [1.165, 1.54) is 6.92 Å². The average molecular weight is 227 g/mol. The van der Waals surface area contributed by atoms with Crippen LogP contribution in [0.2, 0.25) is 0 Å². The monoisotopic (exact) mass is 227 g/mol. The minimum absolute atomic E-state index is 0.00833. The van der Waals surface area contributed by atoms with Gasteiger partial charge in [-0.25, -0.2) is 4.39 Å². The van der Waals surface area contributed by atoms with Gasteiger partial charge in [0.05, 0.1) is 22.7 Å². The van der Waals surface area contributed by atoms with E-state index < -0.39 is 28.4 Å². The van der Waals surface area contributed by atoms with Crippen LogP contribution in [0.15, 0.2) is 18.2 Å². The molecular formula is C9H10FN3O3. The number of nitrogens with one attached hydrogen (secondary N) is 1. The molecule has 0 bridgehead atoms. The van der Waals surface area contributed by atoms with Crippen LogP contribution in [0.5, 0.6) is 0 Å². The van der Waals surface area contributed by atoms with Gasteiger partial charge in [0.25, 0.3) is 5.69 Å². The molecule has 1 atom stereocenters. The third kappa shape index (κ3) is 2.99. The van der Waals surface area contributed by atoms with Gasteiger partial charge in [0.2, 0.25) is 5.91 Å². The summed E-state index contributed by atoms with van der Waals surface area (Å²) in [6.45, 7) is 1.45. The summed E-state index contributed by atoms with van der Waals surface area (Å²) in [4.78, 5) is 20.9. The molecule has 0 saturated heterocycles. The number of amides is 1. The third-order valence-corrected chi connectivity index (χ3v) is 1.77. The second-order valence-electron chi connectivity index (χ2n) is 3.23. The molecule has 0 unspecified atom stereocenters. The van der Waals surface area contributed by atoms with E-state index >= 15 is 0 Å². The smallest absolute Gasteiger partial charge is 0.274 e. The summed E-state index contributed by atoms with van der Waals surface area (Å²) in [5.74, 6) is -1.34. The molecule has 1 amide bonds. The van der Waals surface area contributed by atoms with Gasteiger partial charge in [-0.15, -0.1) is 0 Å². The van der Waals surface area contributed by atoms with Gasteiger partial charge < -0.3 is 11.1 Å². The van der Waals surface area contributed by atoms with E-state index in [4.69, 9.17) is 5.73 Å².